The van der Waals surface area contributed by atoms with Gasteiger partial charge in [0, 0.05) is 17.8 Å². The monoisotopic (exact) mass is 414 g/mol. The van der Waals surface area contributed by atoms with Crippen molar-refractivity contribution in [3.05, 3.63) is 59.2 Å². The fourth-order valence-electron chi connectivity index (χ4n) is 2.41. The van der Waals surface area contributed by atoms with Gasteiger partial charge in [-0.3, -0.25) is 0 Å². The molecule has 0 bridgehead atoms. The van der Waals surface area contributed by atoms with Crippen molar-refractivity contribution in [3.8, 4) is 23.1 Å². The minimum atomic E-state index is -0.456. The van der Waals surface area contributed by atoms with Gasteiger partial charge >= 0.3 is 6.03 Å². The molecule has 3 rings (SSSR count). The first-order valence-electron chi connectivity index (χ1n) is 8.56. The van der Waals surface area contributed by atoms with E-state index in [1.54, 1.807) is 42.5 Å². The zero-order valence-corrected chi connectivity index (χ0v) is 16.8. The number of amides is 2. The lowest BCUT2D eigenvalue weighted by Crippen LogP contribution is -2.19. The van der Waals surface area contributed by atoms with Gasteiger partial charge in [-0.1, -0.05) is 11.6 Å². The summed E-state index contributed by atoms with van der Waals surface area (Å²) in [6.45, 7) is 1.85. The Bertz CT molecular complexity index is 995. The van der Waals surface area contributed by atoms with E-state index in [4.69, 9.17) is 25.8 Å². The van der Waals surface area contributed by atoms with Crippen molar-refractivity contribution in [2.24, 2.45) is 0 Å². The van der Waals surface area contributed by atoms with Gasteiger partial charge in [-0.15, -0.1) is 5.10 Å². The van der Waals surface area contributed by atoms with Crippen molar-refractivity contribution < 1.29 is 19.0 Å². The summed E-state index contributed by atoms with van der Waals surface area (Å²) in [5.41, 5.74) is 1.79. The molecule has 29 heavy (non-hydrogen) atoms. The van der Waals surface area contributed by atoms with E-state index in [0.717, 1.165) is 5.69 Å². The van der Waals surface area contributed by atoms with Crippen LogP contribution in [0.2, 0.25) is 5.02 Å². The number of hydrogen-bond donors (Lipinski definition) is 2. The number of urea groups is 1. The minimum Gasteiger partial charge on any atom is -0.495 e. The highest BCUT2D eigenvalue weighted by atomic mass is 35.5. The van der Waals surface area contributed by atoms with Crippen LogP contribution in [0.4, 0.5) is 16.2 Å². The Kier molecular flexibility index (Phi) is 6.36. The normalized spacial score (nSPS) is 10.2. The number of carbonyl (C=O) groups excluding carboxylic acids is 1. The van der Waals surface area contributed by atoms with E-state index in [9.17, 15) is 4.79 Å². The second kappa shape index (κ2) is 9.11. The van der Waals surface area contributed by atoms with Crippen molar-refractivity contribution in [3.63, 3.8) is 0 Å². The number of benzene rings is 2. The molecule has 0 aliphatic carbocycles. The van der Waals surface area contributed by atoms with Crippen LogP contribution in [0.3, 0.4) is 0 Å². The van der Waals surface area contributed by atoms with Gasteiger partial charge in [-0.25, -0.2) is 4.79 Å². The lowest BCUT2D eigenvalue weighted by Gasteiger charge is -2.14. The number of ether oxygens (including phenoxy) is 3. The average Bonchev–Trinajstić information content (AvgIpc) is 2.71. The molecule has 2 amide bonds. The van der Waals surface area contributed by atoms with Crippen LogP contribution < -0.4 is 24.8 Å². The van der Waals surface area contributed by atoms with Crippen LogP contribution in [0.25, 0.3) is 0 Å². The molecule has 8 nitrogen and oxygen atoms in total. The van der Waals surface area contributed by atoms with Crippen molar-refractivity contribution >= 4 is 29.0 Å². The molecule has 2 N–H and O–H groups in total. The van der Waals surface area contributed by atoms with E-state index in [1.165, 1.54) is 14.2 Å². The maximum atomic E-state index is 12.3. The molecule has 1 heterocycles. The molecule has 0 saturated heterocycles. The predicted molar refractivity (Wildman–Crippen MR) is 110 cm³/mol. The van der Waals surface area contributed by atoms with Crippen molar-refractivity contribution in [1.29, 1.82) is 0 Å². The van der Waals surface area contributed by atoms with E-state index in [-0.39, 0.29) is 0 Å². The first-order chi connectivity index (χ1) is 14.0. The van der Waals surface area contributed by atoms with Gasteiger partial charge in [0.1, 0.15) is 17.2 Å². The van der Waals surface area contributed by atoms with Crippen LogP contribution in [0.5, 0.6) is 23.1 Å². The van der Waals surface area contributed by atoms with Gasteiger partial charge in [-0.2, -0.15) is 5.10 Å². The van der Waals surface area contributed by atoms with Gasteiger partial charge in [0.2, 0.25) is 5.88 Å². The fraction of sp³-hybridized carbons (Fsp3) is 0.150. The summed E-state index contributed by atoms with van der Waals surface area (Å²) >= 11 is 6.12. The molecular weight excluding hydrogens is 396 g/mol. The summed E-state index contributed by atoms with van der Waals surface area (Å²) in [7, 11) is 2.99. The second-order valence-electron chi connectivity index (χ2n) is 5.91. The summed E-state index contributed by atoms with van der Waals surface area (Å²) in [5, 5.41) is 13.7. The number of rotatable bonds is 6. The minimum absolute atomic E-state index is 0.351. The summed E-state index contributed by atoms with van der Waals surface area (Å²) in [5.74, 6) is 1.82. The Hall–Kier alpha value is -3.52. The second-order valence-corrected chi connectivity index (χ2v) is 6.31. The van der Waals surface area contributed by atoms with Gasteiger partial charge in [-0.05, 0) is 43.3 Å². The third-order valence-corrected chi connectivity index (χ3v) is 4.13. The quantitative estimate of drug-likeness (QED) is 0.596. The largest absolute Gasteiger partial charge is 0.495 e. The topological polar surface area (TPSA) is 94.6 Å². The van der Waals surface area contributed by atoms with E-state index >= 15 is 0 Å². The van der Waals surface area contributed by atoms with E-state index in [1.807, 2.05) is 13.0 Å². The molecule has 0 saturated carbocycles. The van der Waals surface area contributed by atoms with Gasteiger partial charge < -0.3 is 24.8 Å². The maximum absolute atomic E-state index is 12.3. The summed E-state index contributed by atoms with van der Waals surface area (Å²) < 4.78 is 16.0. The lowest BCUT2D eigenvalue weighted by atomic mass is 10.2. The van der Waals surface area contributed by atoms with Crippen LogP contribution in [0, 0.1) is 6.92 Å². The van der Waals surface area contributed by atoms with Gasteiger partial charge in [0.15, 0.2) is 0 Å². The number of carbonyl (C=O) groups is 1. The van der Waals surface area contributed by atoms with Crippen LogP contribution in [-0.4, -0.2) is 30.4 Å². The van der Waals surface area contributed by atoms with Crippen LogP contribution in [0.15, 0.2) is 48.5 Å². The van der Waals surface area contributed by atoms with Crippen LogP contribution in [0.1, 0.15) is 5.69 Å². The van der Waals surface area contributed by atoms with Gasteiger partial charge in [0.25, 0.3) is 0 Å². The number of nitrogens with one attached hydrogen (secondary N) is 2. The Balaban J connectivity index is 1.63. The number of hydrogen-bond acceptors (Lipinski definition) is 6. The number of anilines is 2. The molecule has 0 fully saturated rings. The number of methoxy groups -OCH3 is 2. The van der Waals surface area contributed by atoms with Gasteiger partial charge in [0.05, 0.1) is 30.6 Å². The van der Waals surface area contributed by atoms with E-state index in [2.05, 4.69) is 20.8 Å². The predicted octanol–water partition coefficient (Wildman–Crippen LogP) is 4.89. The maximum Gasteiger partial charge on any atom is 0.323 e. The first kappa shape index (κ1) is 20.2. The molecule has 3 aromatic rings. The Morgan fingerprint density at radius 1 is 0.931 bits per heavy atom. The number of nitrogens with zero attached hydrogens (tertiary/aromatic N) is 2. The lowest BCUT2D eigenvalue weighted by molar-refractivity contribution is 0.262. The average molecular weight is 415 g/mol. The van der Waals surface area contributed by atoms with Crippen molar-refractivity contribution in [2.45, 2.75) is 6.92 Å². The van der Waals surface area contributed by atoms with E-state index < -0.39 is 6.03 Å². The zero-order valence-electron chi connectivity index (χ0n) is 16.0. The number of aromatic nitrogens is 2. The Labute approximate surface area is 172 Å². The third-order valence-electron chi connectivity index (χ3n) is 3.83. The molecule has 0 unspecified atom stereocenters. The van der Waals surface area contributed by atoms with E-state index in [0.29, 0.717) is 39.5 Å². The van der Waals surface area contributed by atoms with Crippen molar-refractivity contribution in [1.82, 2.24) is 10.2 Å². The smallest absolute Gasteiger partial charge is 0.323 e. The Morgan fingerprint density at radius 3 is 2.28 bits per heavy atom. The standard InChI is InChI=1S/C20H19ClN4O4/c1-12-4-9-19(25-24-12)29-14-7-5-13(6-8-14)22-20(26)23-16-10-15(21)17(27-2)11-18(16)28-3/h4-11H,1-3H3,(H2,22,23,26). The summed E-state index contributed by atoms with van der Waals surface area (Å²) in [6.07, 6.45) is 0. The number of halogens is 1. The molecule has 2 aromatic carbocycles. The first-order valence-corrected chi connectivity index (χ1v) is 8.94. The molecule has 0 aliphatic rings. The van der Waals surface area contributed by atoms with Crippen molar-refractivity contribution in [2.75, 3.05) is 24.9 Å². The molecule has 0 spiro atoms. The zero-order chi connectivity index (χ0) is 20.8. The molecule has 0 aliphatic heterocycles. The Morgan fingerprint density at radius 2 is 1.66 bits per heavy atom. The van der Waals surface area contributed by atoms with Crippen LogP contribution in [-0.2, 0) is 0 Å². The number of aryl methyl sites for hydroxylation is 1. The molecular formula is C20H19ClN4O4. The molecule has 0 atom stereocenters. The summed E-state index contributed by atoms with van der Waals surface area (Å²) in [4.78, 5) is 12.3. The molecule has 150 valence electrons. The molecule has 0 radical (unpaired) electrons. The summed E-state index contributed by atoms with van der Waals surface area (Å²) in [6, 6.07) is 13.1. The SMILES string of the molecule is COc1cc(OC)c(NC(=O)Nc2ccc(Oc3ccc(C)nn3)cc2)cc1Cl. The fourth-order valence-corrected chi connectivity index (χ4v) is 2.65. The highest BCUT2D eigenvalue weighted by molar-refractivity contribution is 6.32. The third kappa shape index (κ3) is 5.26. The highest BCUT2D eigenvalue weighted by Gasteiger charge is 2.13. The molecule has 1 aromatic heterocycles. The highest BCUT2D eigenvalue weighted by Crippen LogP contribution is 2.36. The van der Waals surface area contributed by atoms with Crippen LogP contribution >= 0.6 is 11.6 Å². The molecule has 9 heteroatoms.